The molecule has 0 unspecified atom stereocenters. The minimum atomic E-state index is -3.50. The molecule has 4 nitrogen and oxygen atoms in total. The number of methoxy groups -OCH3 is 1. The molecule has 0 spiro atoms. The number of anilines is 1. The number of hydrogen-bond donors (Lipinski definition) is 1. The van der Waals surface area contributed by atoms with E-state index >= 15 is 0 Å². The van der Waals surface area contributed by atoms with Crippen molar-refractivity contribution in [2.24, 2.45) is 0 Å². The van der Waals surface area contributed by atoms with Crippen LogP contribution in [0.4, 0.5) is 10.1 Å². The molecule has 0 aromatic heterocycles. The molecule has 0 saturated carbocycles. The first-order valence-corrected chi connectivity index (χ1v) is 6.38. The molecule has 0 heterocycles. The van der Waals surface area contributed by atoms with Crippen molar-refractivity contribution < 1.29 is 17.5 Å². The van der Waals surface area contributed by atoms with E-state index in [1.807, 2.05) is 0 Å². The lowest BCUT2D eigenvalue weighted by molar-refractivity contribution is 0.403. The second-order valence-electron chi connectivity index (χ2n) is 3.27. The number of rotatable bonds is 5. The van der Waals surface area contributed by atoms with Crippen LogP contribution in [0, 0.1) is 0 Å². The van der Waals surface area contributed by atoms with Crippen molar-refractivity contribution in [3.8, 4) is 5.75 Å². The Kier molecular flexibility index (Phi) is 4.12. The van der Waals surface area contributed by atoms with Crippen LogP contribution in [0.15, 0.2) is 23.1 Å². The molecule has 0 aliphatic rings. The summed E-state index contributed by atoms with van der Waals surface area (Å²) in [5.74, 6) is -0.0390. The van der Waals surface area contributed by atoms with E-state index in [4.69, 9.17) is 10.5 Å². The maximum atomic E-state index is 12.0. The van der Waals surface area contributed by atoms with E-state index in [1.54, 1.807) is 0 Å². The average molecular weight is 247 g/mol. The van der Waals surface area contributed by atoms with E-state index in [0.29, 0.717) is 5.69 Å². The topological polar surface area (TPSA) is 69.4 Å². The molecule has 0 fully saturated rings. The number of sulfone groups is 1. The van der Waals surface area contributed by atoms with Crippen LogP contribution in [-0.2, 0) is 9.84 Å². The summed E-state index contributed by atoms with van der Waals surface area (Å²) < 4.78 is 40.5. The molecule has 0 aliphatic heterocycles. The lowest BCUT2D eigenvalue weighted by atomic mass is 10.3. The van der Waals surface area contributed by atoms with Crippen molar-refractivity contribution in [3.63, 3.8) is 0 Å². The summed E-state index contributed by atoms with van der Waals surface area (Å²) in [6, 6.07) is 4.29. The van der Waals surface area contributed by atoms with Gasteiger partial charge in [0, 0.05) is 11.8 Å². The fraction of sp³-hybridized carbons (Fsp3) is 0.400. The maximum absolute atomic E-state index is 12.0. The zero-order valence-electron chi connectivity index (χ0n) is 8.94. The first kappa shape index (κ1) is 12.8. The number of nitrogen functional groups attached to an aromatic ring is 1. The Morgan fingerprint density at radius 2 is 2.12 bits per heavy atom. The summed E-state index contributed by atoms with van der Waals surface area (Å²) in [6.45, 7) is -0.656. The second-order valence-corrected chi connectivity index (χ2v) is 5.35. The molecular weight excluding hydrogens is 233 g/mol. The third kappa shape index (κ3) is 2.85. The Hall–Kier alpha value is -1.30. The molecule has 1 rings (SSSR count). The van der Waals surface area contributed by atoms with Crippen molar-refractivity contribution in [1.29, 1.82) is 0 Å². The van der Waals surface area contributed by atoms with Gasteiger partial charge in [-0.15, -0.1) is 0 Å². The lowest BCUT2D eigenvalue weighted by Crippen LogP contribution is -2.09. The van der Waals surface area contributed by atoms with Crippen LogP contribution in [0.1, 0.15) is 6.42 Å². The quantitative estimate of drug-likeness (QED) is 0.799. The van der Waals surface area contributed by atoms with Crippen LogP contribution in [0.5, 0.6) is 5.75 Å². The fourth-order valence-corrected chi connectivity index (χ4v) is 2.73. The Balaban J connectivity index is 3.12. The Morgan fingerprint density at radius 3 is 2.69 bits per heavy atom. The predicted octanol–water partition coefficient (Wildman–Crippen LogP) is 1.41. The highest BCUT2D eigenvalue weighted by Gasteiger charge is 2.19. The number of nitrogens with two attached hydrogens (primary N) is 1. The largest absolute Gasteiger partial charge is 0.495 e. The highest BCUT2D eigenvalue weighted by molar-refractivity contribution is 7.91. The molecule has 0 radical (unpaired) electrons. The highest BCUT2D eigenvalue weighted by Crippen LogP contribution is 2.27. The fourth-order valence-electron chi connectivity index (χ4n) is 1.30. The van der Waals surface area contributed by atoms with Gasteiger partial charge >= 0.3 is 0 Å². The zero-order valence-corrected chi connectivity index (χ0v) is 9.76. The molecule has 0 amide bonds. The maximum Gasteiger partial charge on any atom is 0.182 e. The van der Waals surface area contributed by atoms with Crippen molar-refractivity contribution in [1.82, 2.24) is 0 Å². The normalized spacial score (nSPS) is 11.4. The second kappa shape index (κ2) is 5.16. The first-order chi connectivity index (χ1) is 7.51. The number of benzene rings is 1. The summed E-state index contributed by atoms with van der Waals surface area (Å²) in [4.78, 5) is 0.0534. The van der Waals surface area contributed by atoms with Crippen LogP contribution in [-0.4, -0.2) is 28.0 Å². The van der Waals surface area contributed by atoms with Gasteiger partial charge in [0.05, 0.1) is 19.5 Å². The SMILES string of the molecule is COc1cc(N)ccc1S(=O)(=O)CCCF. The molecule has 0 bridgehead atoms. The van der Waals surface area contributed by atoms with Gasteiger partial charge in [-0.2, -0.15) is 0 Å². The Bertz CT molecular complexity index is 459. The van der Waals surface area contributed by atoms with E-state index in [9.17, 15) is 12.8 Å². The van der Waals surface area contributed by atoms with Gasteiger partial charge < -0.3 is 10.5 Å². The number of ether oxygens (including phenoxy) is 1. The summed E-state index contributed by atoms with van der Waals surface area (Å²) in [6.07, 6.45) is -0.0180. The van der Waals surface area contributed by atoms with E-state index in [-0.39, 0.29) is 22.8 Å². The van der Waals surface area contributed by atoms with Gasteiger partial charge in [-0.25, -0.2) is 8.42 Å². The van der Waals surface area contributed by atoms with Gasteiger partial charge in [-0.1, -0.05) is 0 Å². The van der Waals surface area contributed by atoms with Crippen molar-refractivity contribution in [2.75, 3.05) is 25.3 Å². The van der Waals surface area contributed by atoms with E-state index in [1.165, 1.54) is 25.3 Å². The predicted molar refractivity (Wildman–Crippen MR) is 60.1 cm³/mol. The molecule has 90 valence electrons. The first-order valence-electron chi connectivity index (χ1n) is 4.73. The Morgan fingerprint density at radius 1 is 1.44 bits per heavy atom. The third-order valence-electron chi connectivity index (χ3n) is 2.07. The molecule has 1 aromatic rings. The van der Waals surface area contributed by atoms with Crippen molar-refractivity contribution in [3.05, 3.63) is 18.2 Å². The summed E-state index contributed by atoms with van der Waals surface area (Å²) in [5.41, 5.74) is 5.93. The van der Waals surface area contributed by atoms with Crippen LogP contribution in [0.2, 0.25) is 0 Å². The number of alkyl halides is 1. The van der Waals surface area contributed by atoms with Crippen LogP contribution in [0.25, 0.3) is 0 Å². The summed E-state index contributed by atoms with van der Waals surface area (Å²) in [7, 11) is -2.14. The van der Waals surface area contributed by atoms with Gasteiger partial charge in [0.25, 0.3) is 0 Å². The van der Waals surface area contributed by atoms with Crippen LogP contribution in [0.3, 0.4) is 0 Å². The van der Waals surface area contributed by atoms with Gasteiger partial charge in [0.1, 0.15) is 10.6 Å². The standard InChI is InChI=1S/C10H14FNO3S/c1-15-9-7-8(12)3-4-10(9)16(13,14)6-2-5-11/h3-4,7H,2,5-6,12H2,1H3. The molecule has 0 saturated heterocycles. The smallest absolute Gasteiger partial charge is 0.182 e. The Labute approximate surface area is 94.1 Å². The minimum absolute atomic E-state index is 0.0180. The monoisotopic (exact) mass is 247 g/mol. The lowest BCUT2D eigenvalue weighted by Gasteiger charge is -2.09. The van der Waals surface area contributed by atoms with Crippen molar-refractivity contribution >= 4 is 15.5 Å². The van der Waals surface area contributed by atoms with Gasteiger partial charge in [0.15, 0.2) is 9.84 Å². The van der Waals surface area contributed by atoms with Crippen molar-refractivity contribution in [2.45, 2.75) is 11.3 Å². The number of halogens is 1. The molecular formula is C10H14FNO3S. The minimum Gasteiger partial charge on any atom is -0.495 e. The number of hydrogen-bond acceptors (Lipinski definition) is 4. The van der Waals surface area contributed by atoms with Gasteiger partial charge in [-0.3, -0.25) is 4.39 Å². The molecule has 1 aromatic carbocycles. The van der Waals surface area contributed by atoms with Crippen LogP contribution >= 0.6 is 0 Å². The summed E-state index contributed by atoms with van der Waals surface area (Å²) in [5, 5.41) is 0. The zero-order chi connectivity index (χ0) is 12.2. The van der Waals surface area contributed by atoms with Crippen LogP contribution < -0.4 is 10.5 Å². The molecule has 0 atom stereocenters. The average Bonchev–Trinajstić information content (AvgIpc) is 2.26. The molecule has 16 heavy (non-hydrogen) atoms. The van der Waals surface area contributed by atoms with E-state index in [2.05, 4.69) is 0 Å². The highest BCUT2D eigenvalue weighted by atomic mass is 32.2. The molecule has 0 aliphatic carbocycles. The van der Waals surface area contributed by atoms with E-state index in [0.717, 1.165) is 0 Å². The third-order valence-corrected chi connectivity index (χ3v) is 3.90. The molecule has 2 N–H and O–H groups in total. The van der Waals surface area contributed by atoms with Gasteiger partial charge in [-0.05, 0) is 18.6 Å². The molecule has 6 heteroatoms. The van der Waals surface area contributed by atoms with E-state index < -0.39 is 16.5 Å². The summed E-state index contributed by atoms with van der Waals surface area (Å²) >= 11 is 0. The van der Waals surface area contributed by atoms with Gasteiger partial charge in [0.2, 0.25) is 0 Å².